The Balaban J connectivity index is 2.87. The first-order valence-electron chi connectivity index (χ1n) is 4.63. The lowest BCUT2D eigenvalue weighted by molar-refractivity contribution is 0.0901. The van der Waals surface area contributed by atoms with Gasteiger partial charge in [0.15, 0.2) is 5.78 Å². The van der Waals surface area contributed by atoms with Gasteiger partial charge in [-0.15, -0.1) is 0 Å². The molecule has 14 heavy (non-hydrogen) atoms. The van der Waals surface area contributed by atoms with Crippen molar-refractivity contribution in [2.75, 3.05) is 0 Å². The SMILES string of the molecule is CC(C)(C)C(N)C(=O)c1cccnc1. The zero-order valence-corrected chi connectivity index (χ0v) is 8.82. The van der Waals surface area contributed by atoms with Crippen molar-refractivity contribution in [3.8, 4) is 0 Å². The summed E-state index contributed by atoms with van der Waals surface area (Å²) in [5.41, 5.74) is 6.21. The molecule has 0 aliphatic rings. The van der Waals surface area contributed by atoms with E-state index in [9.17, 15) is 4.79 Å². The normalized spacial score (nSPS) is 13.7. The molecule has 3 heteroatoms. The summed E-state index contributed by atoms with van der Waals surface area (Å²) >= 11 is 0. The van der Waals surface area contributed by atoms with Crippen LogP contribution in [0.4, 0.5) is 0 Å². The minimum absolute atomic E-state index is 0.0504. The Bertz CT molecular complexity index is 314. The molecule has 1 aromatic heterocycles. The Morgan fingerprint density at radius 1 is 1.50 bits per heavy atom. The molecule has 1 heterocycles. The van der Waals surface area contributed by atoms with Crippen LogP contribution in [0, 0.1) is 5.41 Å². The van der Waals surface area contributed by atoms with Crippen LogP contribution in [0.3, 0.4) is 0 Å². The third-order valence-electron chi connectivity index (χ3n) is 2.16. The molecule has 2 N–H and O–H groups in total. The van der Waals surface area contributed by atoms with Crippen LogP contribution >= 0.6 is 0 Å². The third kappa shape index (κ3) is 2.39. The van der Waals surface area contributed by atoms with Gasteiger partial charge in [-0.1, -0.05) is 20.8 Å². The highest BCUT2D eigenvalue weighted by molar-refractivity contribution is 6.00. The average molecular weight is 192 g/mol. The van der Waals surface area contributed by atoms with Crippen molar-refractivity contribution in [2.24, 2.45) is 11.1 Å². The smallest absolute Gasteiger partial charge is 0.181 e. The number of hydrogen-bond acceptors (Lipinski definition) is 3. The van der Waals surface area contributed by atoms with Crippen molar-refractivity contribution in [3.63, 3.8) is 0 Å². The summed E-state index contributed by atoms with van der Waals surface area (Å²) in [6, 6.07) is 3.00. The standard InChI is InChI=1S/C11H16N2O/c1-11(2,3)10(12)9(14)8-5-4-6-13-7-8/h4-7,10H,12H2,1-3H3. The van der Waals surface area contributed by atoms with Crippen LogP contribution < -0.4 is 5.73 Å². The van der Waals surface area contributed by atoms with Gasteiger partial charge in [0.25, 0.3) is 0 Å². The second-order valence-electron chi connectivity index (χ2n) is 4.45. The van der Waals surface area contributed by atoms with Gasteiger partial charge in [0.2, 0.25) is 0 Å². The van der Waals surface area contributed by atoms with Crippen molar-refractivity contribution >= 4 is 5.78 Å². The van der Waals surface area contributed by atoms with Gasteiger partial charge in [-0.3, -0.25) is 9.78 Å². The van der Waals surface area contributed by atoms with Gasteiger partial charge < -0.3 is 5.73 Å². The minimum atomic E-state index is -0.480. The quantitative estimate of drug-likeness (QED) is 0.725. The molecule has 1 aromatic rings. The monoisotopic (exact) mass is 192 g/mol. The number of ketones is 1. The first kappa shape index (κ1) is 10.9. The number of nitrogens with zero attached hydrogens (tertiary/aromatic N) is 1. The predicted octanol–water partition coefficient (Wildman–Crippen LogP) is 1.64. The van der Waals surface area contributed by atoms with Crippen LogP contribution in [0.25, 0.3) is 0 Å². The second kappa shape index (κ2) is 3.88. The molecule has 1 atom stereocenters. The van der Waals surface area contributed by atoms with E-state index in [2.05, 4.69) is 4.98 Å². The third-order valence-corrected chi connectivity index (χ3v) is 2.16. The topological polar surface area (TPSA) is 56.0 Å². The number of nitrogens with two attached hydrogens (primary N) is 1. The van der Waals surface area contributed by atoms with Crippen LogP contribution in [-0.2, 0) is 0 Å². The molecule has 0 aromatic carbocycles. The van der Waals surface area contributed by atoms with E-state index < -0.39 is 6.04 Å². The summed E-state index contributed by atoms with van der Waals surface area (Å²) in [6.07, 6.45) is 3.19. The Morgan fingerprint density at radius 2 is 2.14 bits per heavy atom. The number of Topliss-reactive ketones (excluding diaryl/α,β-unsaturated/α-hetero) is 1. The molecule has 0 bridgehead atoms. The molecular weight excluding hydrogens is 176 g/mol. The zero-order valence-electron chi connectivity index (χ0n) is 8.82. The maximum Gasteiger partial charge on any atom is 0.181 e. The predicted molar refractivity (Wildman–Crippen MR) is 56.0 cm³/mol. The lowest BCUT2D eigenvalue weighted by Gasteiger charge is -2.25. The van der Waals surface area contributed by atoms with Crippen LogP contribution in [0.5, 0.6) is 0 Å². The molecule has 1 unspecified atom stereocenters. The largest absolute Gasteiger partial charge is 0.321 e. The van der Waals surface area contributed by atoms with Crippen molar-refractivity contribution in [1.29, 1.82) is 0 Å². The molecule has 0 spiro atoms. The van der Waals surface area contributed by atoms with Crippen molar-refractivity contribution in [3.05, 3.63) is 30.1 Å². The van der Waals surface area contributed by atoms with E-state index in [4.69, 9.17) is 5.73 Å². The molecule has 0 aliphatic carbocycles. The van der Waals surface area contributed by atoms with Gasteiger partial charge in [-0.25, -0.2) is 0 Å². The summed E-state index contributed by atoms with van der Waals surface area (Å²) in [4.78, 5) is 15.7. The molecule has 0 saturated heterocycles. The minimum Gasteiger partial charge on any atom is -0.321 e. The summed E-state index contributed by atoms with van der Waals surface area (Å²) in [6.45, 7) is 5.85. The van der Waals surface area contributed by atoms with Gasteiger partial charge in [-0.2, -0.15) is 0 Å². The number of carbonyl (C=O) groups excluding carboxylic acids is 1. The number of carbonyl (C=O) groups is 1. The Hall–Kier alpha value is -1.22. The summed E-state index contributed by atoms with van der Waals surface area (Å²) in [7, 11) is 0. The van der Waals surface area contributed by atoms with Crippen molar-refractivity contribution < 1.29 is 4.79 Å². The van der Waals surface area contributed by atoms with Gasteiger partial charge in [-0.05, 0) is 17.5 Å². The lowest BCUT2D eigenvalue weighted by Crippen LogP contribution is -2.42. The Labute approximate surface area is 84.3 Å². The van der Waals surface area contributed by atoms with E-state index in [1.54, 1.807) is 24.5 Å². The molecular formula is C11H16N2O. The molecule has 0 aliphatic heterocycles. The number of pyridine rings is 1. The molecule has 0 amide bonds. The Kier molecular flexibility index (Phi) is 3.01. The highest BCUT2D eigenvalue weighted by atomic mass is 16.1. The van der Waals surface area contributed by atoms with E-state index in [0.717, 1.165) is 0 Å². The summed E-state index contributed by atoms with van der Waals surface area (Å²) in [5, 5.41) is 0. The molecule has 0 radical (unpaired) electrons. The molecule has 0 fully saturated rings. The lowest BCUT2D eigenvalue weighted by atomic mass is 9.83. The second-order valence-corrected chi connectivity index (χ2v) is 4.45. The van der Waals surface area contributed by atoms with E-state index in [1.165, 1.54) is 0 Å². The zero-order chi connectivity index (χ0) is 10.8. The summed E-state index contributed by atoms with van der Waals surface area (Å²) in [5.74, 6) is -0.0504. The molecule has 1 rings (SSSR count). The van der Waals surface area contributed by atoms with Crippen LogP contribution in [-0.4, -0.2) is 16.8 Å². The fourth-order valence-electron chi connectivity index (χ4n) is 1.08. The Morgan fingerprint density at radius 3 is 2.57 bits per heavy atom. The van der Waals surface area contributed by atoms with Crippen LogP contribution in [0.2, 0.25) is 0 Å². The van der Waals surface area contributed by atoms with E-state index in [-0.39, 0.29) is 11.2 Å². The number of rotatable bonds is 2. The van der Waals surface area contributed by atoms with Crippen molar-refractivity contribution in [1.82, 2.24) is 4.98 Å². The van der Waals surface area contributed by atoms with Gasteiger partial charge in [0.1, 0.15) is 0 Å². The van der Waals surface area contributed by atoms with E-state index in [1.807, 2.05) is 20.8 Å². The fraction of sp³-hybridized carbons (Fsp3) is 0.455. The molecule has 3 nitrogen and oxygen atoms in total. The number of hydrogen-bond donors (Lipinski definition) is 1. The number of aromatic nitrogens is 1. The summed E-state index contributed by atoms with van der Waals surface area (Å²) < 4.78 is 0. The first-order chi connectivity index (χ1) is 6.43. The van der Waals surface area contributed by atoms with E-state index in [0.29, 0.717) is 5.56 Å². The van der Waals surface area contributed by atoms with Crippen LogP contribution in [0.1, 0.15) is 31.1 Å². The van der Waals surface area contributed by atoms with Gasteiger partial charge >= 0.3 is 0 Å². The molecule has 0 saturated carbocycles. The van der Waals surface area contributed by atoms with E-state index >= 15 is 0 Å². The maximum atomic E-state index is 11.8. The molecule has 76 valence electrons. The average Bonchev–Trinajstić information content (AvgIpc) is 2.15. The first-order valence-corrected chi connectivity index (χ1v) is 4.63. The van der Waals surface area contributed by atoms with Crippen LogP contribution in [0.15, 0.2) is 24.5 Å². The highest BCUT2D eigenvalue weighted by Gasteiger charge is 2.28. The van der Waals surface area contributed by atoms with Gasteiger partial charge in [0.05, 0.1) is 6.04 Å². The maximum absolute atomic E-state index is 11.8. The fourth-order valence-corrected chi connectivity index (χ4v) is 1.08. The highest BCUT2D eigenvalue weighted by Crippen LogP contribution is 2.20. The van der Waals surface area contributed by atoms with Gasteiger partial charge in [0, 0.05) is 18.0 Å². The van der Waals surface area contributed by atoms with Crippen molar-refractivity contribution in [2.45, 2.75) is 26.8 Å².